The molecule has 2 rings (SSSR count). The first kappa shape index (κ1) is 15.4. The SMILES string of the molecule is Cc1cc(C)cc(OCCSc2ccnc(C(=O)O)c2)c1. The summed E-state index contributed by atoms with van der Waals surface area (Å²) in [5.41, 5.74) is 2.42. The second-order valence-electron chi connectivity index (χ2n) is 4.70. The number of hydrogen-bond acceptors (Lipinski definition) is 4. The molecule has 110 valence electrons. The quantitative estimate of drug-likeness (QED) is 0.653. The minimum Gasteiger partial charge on any atom is -0.493 e. The number of benzene rings is 1. The van der Waals surface area contributed by atoms with Crippen molar-refractivity contribution in [2.75, 3.05) is 12.4 Å². The third kappa shape index (κ3) is 4.79. The van der Waals surface area contributed by atoms with E-state index in [9.17, 15) is 4.79 Å². The van der Waals surface area contributed by atoms with Gasteiger partial charge in [0.05, 0.1) is 6.61 Å². The lowest BCUT2D eigenvalue weighted by Crippen LogP contribution is -2.02. The number of aryl methyl sites for hydroxylation is 2. The Bertz CT molecular complexity index is 623. The van der Waals surface area contributed by atoms with Crippen molar-refractivity contribution in [2.45, 2.75) is 18.7 Å². The molecular weight excluding hydrogens is 286 g/mol. The van der Waals surface area contributed by atoms with E-state index in [0.717, 1.165) is 16.4 Å². The molecule has 0 aliphatic heterocycles. The largest absolute Gasteiger partial charge is 0.493 e. The summed E-state index contributed by atoms with van der Waals surface area (Å²) in [7, 11) is 0. The zero-order chi connectivity index (χ0) is 15.2. The van der Waals surface area contributed by atoms with E-state index in [1.807, 2.05) is 26.0 Å². The summed E-state index contributed by atoms with van der Waals surface area (Å²) in [6, 6.07) is 9.49. The second-order valence-corrected chi connectivity index (χ2v) is 5.87. The molecule has 0 atom stereocenters. The number of aromatic carboxylic acids is 1. The van der Waals surface area contributed by atoms with Gasteiger partial charge < -0.3 is 9.84 Å². The highest BCUT2D eigenvalue weighted by Gasteiger charge is 2.05. The standard InChI is InChI=1S/C16H17NO3S/c1-11-7-12(2)9-13(8-11)20-5-6-21-14-3-4-17-15(10-14)16(18)19/h3-4,7-10H,5-6H2,1-2H3,(H,18,19). The van der Waals surface area contributed by atoms with E-state index in [2.05, 4.69) is 11.1 Å². The minimum atomic E-state index is -1.01. The molecule has 0 bridgehead atoms. The van der Waals surface area contributed by atoms with Crippen molar-refractivity contribution in [1.82, 2.24) is 4.98 Å². The Labute approximate surface area is 128 Å². The summed E-state index contributed by atoms with van der Waals surface area (Å²) in [5, 5.41) is 8.89. The summed E-state index contributed by atoms with van der Waals surface area (Å²) in [6.45, 7) is 4.65. The molecule has 2 aromatic rings. The van der Waals surface area contributed by atoms with Gasteiger partial charge in [-0.15, -0.1) is 11.8 Å². The van der Waals surface area contributed by atoms with Crippen molar-refractivity contribution in [1.29, 1.82) is 0 Å². The summed E-state index contributed by atoms with van der Waals surface area (Å²) in [4.78, 5) is 15.5. The molecule has 0 amide bonds. The monoisotopic (exact) mass is 303 g/mol. The number of carbonyl (C=O) groups is 1. The van der Waals surface area contributed by atoms with Gasteiger partial charge >= 0.3 is 5.97 Å². The first-order chi connectivity index (χ1) is 10.0. The topological polar surface area (TPSA) is 59.4 Å². The molecule has 1 heterocycles. The van der Waals surface area contributed by atoms with Crippen molar-refractivity contribution in [3.63, 3.8) is 0 Å². The number of hydrogen-bond donors (Lipinski definition) is 1. The van der Waals surface area contributed by atoms with Crippen LogP contribution in [0.25, 0.3) is 0 Å². The Morgan fingerprint density at radius 3 is 2.62 bits per heavy atom. The van der Waals surface area contributed by atoms with E-state index in [4.69, 9.17) is 9.84 Å². The number of pyridine rings is 1. The van der Waals surface area contributed by atoms with Crippen LogP contribution in [-0.4, -0.2) is 28.4 Å². The number of rotatable bonds is 6. The maximum absolute atomic E-state index is 10.8. The van der Waals surface area contributed by atoms with Gasteiger partial charge in [0.25, 0.3) is 0 Å². The number of ether oxygens (including phenoxy) is 1. The molecule has 1 aromatic carbocycles. The molecule has 0 saturated heterocycles. The molecule has 0 spiro atoms. The van der Waals surface area contributed by atoms with Crippen molar-refractivity contribution >= 4 is 17.7 Å². The summed E-state index contributed by atoms with van der Waals surface area (Å²) in [5.74, 6) is 0.605. The predicted molar refractivity (Wildman–Crippen MR) is 83.3 cm³/mol. The average Bonchev–Trinajstić information content (AvgIpc) is 2.43. The van der Waals surface area contributed by atoms with Crippen LogP contribution in [0.3, 0.4) is 0 Å². The van der Waals surface area contributed by atoms with Gasteiger partial charge in [-0.1, -0.05) is 6.07 Å². The molecule has 21 heavy (non-hydrogen) atoms. The Hall–Kier alpha value is -2.01. The average molecular weight is 303 g/mol. The van der Waals surface area contributed by atoms with Crippen molar-refractivity contribution in [2.24, 2.45) is 0 Å². The number of aromatic nitrogens is 1. The maximum atomic E-state index is 10.8. The van der Waals surface area contributed by atoms with Gasteiger partial charge in [-0.25, -0.2) is 9.78 Å². The summed E-state index contributed by atoms with van der Waals surface area (Å²) >= 11 is 1.55. The summed E-state index contributed by atoms with van der Waals surface area (Å²) in [6.07, 6.45) is 1.51. The van der Waals surface area contributed by atoms with Gasteiger partial charge in [0, 0.05) is 16.8 Å². The molecule has 0 fully saturated rings. The van der Waals surface area contributed by atoms with Gasteiger partial charge in [0.15, 0.2) is 0 Å². The van der Waals surface area contributed by atoms with E-state index in [1.54, 1.807) is 23.9 Å². The van der Waals surface area contributed by atoms with Crippen LogP contribution in [0.2, 0.25) is 0 Å². The fourth-order valence-corrected chi connectivity index (χ4v) is 2.71. The van der Waals surface area contributed by atoms with Crippen LogP contribution in [-0.2, 0) is 0 Å². The molecule has 0 aliphatic rings. The highest BCUT2D eigenvalue weighted by molar-refractivity contribution is 7.99. The Kier molecular flexibility index (Phi) is 5.22. The van der Waals surface area contributed by atoms with E-state index < -0.39 is 5.97 Å². The Morgan fingerprint density at radius 2 is 1.95 bits per heavy atom. The molecule has 0 unspecified atom stereocenters. The fraction of sp³-hybridized carbons (Fsp3) is 0.250. The molecule has 0 radical (unpaired) electrons. The van der Waals surface area contributed by atoms with Gasteiger partial charge in [-0.3, -0.25) is 0 Å². The van der Waals surface area contributed by atoms with Gasteiger partial charge in [0.2, 0.25) is 0 Å². The van der Waals surface area contributed by atoms with E-state index in [0.29, 0.717) is 6.61 Å². The van der Waals surface area contributed by atoms with Crippen LogP contribution in [0.5, 0.6) is 5.75 Å². The Balaban J connectivity index is 1.84. The zero-order valence-electron chi connectivity index (χ0n) is 12.0. The lowest BCUT2D eigenvalue weighted by atomic mass is 10.1. The minimum absolute atomic E-state index is 0.0650. The van der Waals surface area contributed by atoms with Gasteiger partial charge in [-0.2, -0.15) is 0 Å². The normalized spacial score (nSPS) is 10.4. The Morgan fingerprint density at radius 1 is 1.24 bits per heavy atom. The van der Waals surface area contributed by atoms with Crippen LogP contribution in [0.15, 0.2) is 41.4 Å². The van der Waals surface area contributed by atoms with Crippen LogP contribution in [0.1, 0.15) is 21.6 Å². The van der Waals surface area contributed by atoms with Crippen LogP contribution in [0, 0.1) is 13.8 Å². The molecule has 4 nitrogen and oxygen atoms in total. The molecular formula is C16H17NO3S. The van der Waals surface area contributed by atoms with Crippen molar-refractivity contribution in [3.05, 3.63) is 53.3 Å². The molecule has 0 saturated carbocycles. The highest BCUT2D eigenvalue weighted by Crippen LogP contribution is 2.20. The number of nitrogens with zero attached hydrogens (tertiary/aromatic N) is 1. The smallest absolute Gasteiger partial charge is 0.354 e. The zero-order valence-corrected chi connectivity index (χ0v) is 12.8. The number of thioether (sulfide) groups is 1. The van der Waals surface area contributed by atoms with Gasteiger partial charge in [0.1, 0.15) is 11.4 Å². The summed E-state index contributed by atoms with van der Waals surface area (Å²) < 4.78 is 5.71. The molecule has 1 N–H and O–H groups in total. The third-order valence-electron chi connectivity index (χ3n) is 2.77. The predicted octanol–water partition coefficient (Wildman–Crippen LogP) is 3.57. The first-order valence-corrected chi connectivity index (χ1v) is 7.56. The third-order valence-corrected chi connectivity index (χ3v) is 3.72. The van der Waals surface area contributed by atoms with Crippen LogP contribution in [0.4, 0.5) is 0 Å². The first-order valence-electron chi connectivity index (χ1n) is 6.58. The number of carboxylic acid groups (broad SMARTS) is 1. The highest BCUT2D eigenvalue weighted by atomic mass is 32.2. The number of carboxylic acids is 1. The van der Waals surface area contributed by atoms with Crippen LogP contribution < -0.4 is 4.74 Å². The van der Waals surface area contributed by atoms with E-state index >= 15 is 0 Å². The van der Waals surface area contributed by atoms with Gasteiger partial charge in [-0.05, 0) is 49.2 Å². The van der Waals surface area contributed by atoms with Crippen LogP contribution >= 0.6 is 11.8 Å². The lowest BCUT2D eigenvalue weighted by Gasteiger charge is -2.08. The fourth-order valence-electron chi connectivity index (χ4n) is 1.95. The molecule has 0 aliphatic carbocycles. The van der Waals surface area contributed by atoms with E-state index in [1.165, 1.54) is 17.3 Å². The van der Waals surface area contributed by atoms with Crippen molar-refractivity contribution < 1.29 is 14.6 Å². The second kappa shape index (κ2) is 7.13. The van der Waals surface area contributed by atoms with Crippen molar-refractivity contribution in [3.8, 4) is 5.75 Å². The maximum Gasteiger partial charge on any atom is 0.354 e. The lowest BCUT2D eigenvalue weighted by molar-refractivity contribution is 0.0690. The molecule has 1 aromatic heterocycles. The molecule has 5 heteroatoms. The van der Waals surface area contributed by atoms with E-state index in [-0.39, 0.29) is 5.69 Å².